The monoisotopic (exact) mass is 351 g/mol. The number of amides is 2. The normalized spacial score (nSPS) is 26.4. The third-order valence-electron chi connectivity index (χ3n) is 4.21. The van der Waals surface area contributed by atoms with Crippen molar-refractivity contribution < 1.29 is 23.2 Å². The van der Waals surface area contributed by atoms with Crippen LogP contribution in [0.1, 0.15) is 18.4 Å². The second-order valence-corrected chi connectivity index (χ2v) is 5.93. The molecule has 7 heteroatoms. The number of imide groups is 1. The van der Waals surface area contributed by atoms with Gasteiger partial charge in [0.2, 0.25) is 0 Å². The molecule has 2 amide bonds. The van der Waals surface area contributed by atoms with E-state index in [0.29, 0.717) is 0 Å². The van der Waals surface area contributed by atoms with Crippen molar-refractivity contribution in [3.8, 4) is 18.1 Å². The highest BCUT2D eigenvalue weighted by molar-refractivity contribution is 6.31. The highest BCUT2D eigenvalue weighted by atomic mass is 35.5. The Hall–Kier alpha value is -2.39. The average Bonchev–Trinajstić information content (AvgIpc) is 2.81. The molecule has 1 aliphatic heterocycles. The molecule has 0 fully saturated rings. The molecule has 1 heterocycles. The van der Waals surface area contributed by atoms with Crippen LogP contribution >= 0.6 is 11.6 Å². The number of carbonyl (C=O) groups is 2. The molecule has 124 valence electrons. The number of carbonyl (C=O) groups excluding carboxylic acids is 2. The predicted octanol–water partition coefficient (Wildman–Crippen LogP) is 2.81. The SMILES string of the molecule is C#CCOc1ccccc1C1(F)CCC2=C(C(=O)N(F)C2=O)C1Cl. The molecule has 0 saturated heterocycles. The van der Waals surface area contributed by atoms with Gasteiger partial charge in [-0.2, -0.15) is 0 Å². The first-order valence-corrected chi connectivity index (χ1v) is 7.61. The highest BCUT2D eigenvalue weighted by Crippen LogP contribution is 2.51. The number of halogens is 3. The van der Waals surface area contributed by atoms with Crippen LogP contribution in [0.4, 0.5) is 8.87 Å². The number of hydrogen-bond donors (Lipinski definition) is 0. The number of alkyl halides is 2. The maximum absolute atomic E-state index is 15.7. The quantitative estimate of drug-likeness (QED) is 0.364. The van der Waals surface area contributed by atoms with E-state index in [-0.39, 0.29) is 41.9 Å². The molecule has 0 bridgehead atoms. The van der Waals surface area contributed by atoms with E-state index < -0.39 is 28.0 Å². The Bertz CT molecular complexity index is 801. The summed E-state index contributed by atoms with van der Waals surface area (Å²) in [5.74, 6) is 0.200. The summed E-state index contributed by atoms with van der Waals surface area (Å²) in [4.78, 5) is 23.6. The molecule has 1 aromatic rings. The fraction of sp³-hybridized carbons (Fsp3) is 0.294. The van der Waals surface area contributed by atoms with Gasteiger partial charge in [0, 0.05) is 11.1 Å². The van der Waals surface area contributed by atoms with Crippen molar-refractivity contribution in [2.24, 2.45) is 0 Å². The highest BCUT2D eigenvalue weighted by Gasteiger charge is 2.54. The van der Waals surface area contributed by atoms with Crippen LogP contribution in [-0.2, 0) is 15.3 Å². The second-order valence-electron chi connectivity index (χ2n) is 5.50. The standard InChI is InChI=1S/C17H12ClF2NO3/c1-2-9-24-12-6-4-3-5-11(12)17(19)8-7-10-13(14(17)18)16(23)21(20)15(10)22/h1,3-6,14H,7-9H2. The second kappa shape index (κ2) is 5.91. The van der Waals surface area contributed by atoms with Crippen molar-refractivity contribution in [3.05, 3.63) is 41.0 Å². The van der Waals surface area contributed by atoms with Crippen LogP contribution in [0.5, 0.6) is 5.75 Å². The lowest BCUT2D eigenvalue weighted by Gasteiger charge is -2.35. The first-order chi connectivity index (χ1) is 11.4. The molecule has 0 aromatic heterocycles. The lowest BCUT2D eigenvalue weighted by atomic mass is 9.77. The number of rotatable bonds is 3. The van der Waals surface area contributed by atoms with Crippen LogP contribution in [0, 0.1) is 12.3 Å². The molecule has 0 N–H and O–H groups in total. The van der Waals surface area contributed by atoms with Crippen molar-refractivity contribution in [2.45, 2.75) is 23.9 Å². The van der Waals surface area contributed by atoms with E-state index in [1.807, 2.05) is 0 Å². The van der Waals surface area contributed by atoms with Gasteiger partial charge in [-0.05, 0) is 18.9 Å². The molecule has 3 rings (SSSR count). The van der Waals surface area contributed by atoms with Gasteiger partial charge in [0.25, 0.3) is 11.8 Å². The van der Waals surface area contributed by atoms with E-state index in [0.717, 1.165) is 0 Å². The molecule has 0 radical (unpaired) electrons. The number of para-hydroxylation sites is 1. The zero-order chi connectivity index (χ0) is 17.5. The molecular weight excluding hydrogens is 340 g/mol. The third kappa shape index (κ3) is 2.28. The molecule has 4 nitrogen and oxygen atoms in total. The van der Waals surface area contributed by atoms with E-state index >= 15 is 4.39 Å². The van der Waals surface area contributed by atoms with Gasteiger partial charge >= 0.3 is 0 Å². The molecule has 0 spiro atoms. The first-order valence-electron chi connectivity index (χ1n) is 7.18. The van der Waals surface area contributed by atoms with Crippen molar-refractivity contribution >= 4 is 23.4 Å². The largest absolute Gasteiger partial charge is 0.481 e. The van der Waals surface area contributed by atoms with Crippen molar-refractivity contribution in [2.75, 3.05) is 6.61 Å². The predicted molar refractivity (Wildman–Crippen MR) is 82.4 cm³/mol. The fourth-order valence-electron chi connectivity index (χ4n) is 3.05. The maximum atomic E-state index is 15.7. The molecule has 2 atom stereocenters. The summed E-state index contributed by atoms with van der Waals surface area (Å²) in [6.45, 7) is -0.0658. The topological polar surface area (TPSA) is 46.6 Å². The summed E-state index contributed by atoms with van der Waals surface area (Å²) in [6.07, 6.45) is 4.88. The van der Waals surface area contributed by atoms with Gasteiger partial charge < -0.3 is 4.74 Å². The van der Waals surface area contributed by atoms with Crippen molar-refractivity contribution in [1.82, 2.24) is 5.12 Å². The Labute approximate surface area is 142 Å². The Balaban J connectivity index is 2.05. The number of nitrogens with zero attached hydrogens (tertiary/aromatic N) is 1. The lowest BCUT2D eigenvalue weighted by Crippen LogP contribution is -2.38. The van der Waals surface area contributed by atoms with Crippen LogP contribution in [-0.4, -0.2) is 28.9 Å². The van der Waals surface area contributed by atoms with Gasteiger partial charge in [-0.3, -0.25) is 9.59 Å². The van der Waals surface area contributed by atoms with Gasteiger partial charge in [0.15, 0.2) is 5.67 Å². The molecule has 1 aromatic carbocycles. The zero-order valence-corrected chi connectivity index (χ0v) is 13.1. The number of terminal acetylenes is 1. The molecule has 1 aliphatic carbocycles. The minimum Gasteiger partial charge on any atom is -0.481 e. The summed E-state index contributed by atoms with van der Waals surface area (Å²) in [6, 6.07) is 6.24. The Morgan fingerprint density at radius 3 is 2.79 bits per heavy atom. The summed E-state index contributed by atoms with van der Waals surface area (Å²) in [5, 5.41) is -2.03. The smallest absolute Gasteiger partial charge is 0.287 e. The van der Waals surface area contributed by atoms with E-state index in [1.54, 1.807) is 12.1 Å². The van der Waals surface area contributed by atoms with Gasteiger partial charge in [-0.1, -0.05) is 28.6 Å². The van der Waals surface area contributed by atoms with Crippen molar-refractivity contribution in [1.29, 1.82) is 0 Å². The molecular formula is C17H12ClF2NO3. The fourth-order valence-corrected chi connectivity index (χ4v) is 3.50. The molecule has 0 saturated carbocycles. The zero-order valence-electron chi connectivity index (χ0n) is 12.4. The third-order valence-corrected chi connectivity index (χ3v) is 4.77. The minimum absolute atomic E-state index is 0.0658. The Morgan fingerprint density at radius 2 is 2.08 bits per heavy atom. The Kier molecular flexibility index (Phi) is 4.06. The maximum Gasteiger partial charge on any atom is 0.287 e. The molecule has 24 heavy (non-hydrogen) atoms. The number of benzene rings is 1. The molecule has 2 unspecified atom stereocenters. The van der Waals surface area contributed by atoms with Crippen LogP contribution in [0.25, 0.3) is 0 Å². The lowest BCUT2D eigenvalue weighted by molar-refractivity contribution is -0.153. The van der Waals surface area contributed by atoms with Gasteiger partial charge in [-0.15, -0.1) is 23.1 Å². The Morgan fingerprint density at radius 1 is 1.38 bits per heavy atom. The van der Waals surface area contributed by atoms with Crippen LogP contribution in [0.15, 0.2) is 35.4 Å². The van der Waals surface area contributed by atoms with Crippen molar-refractivity contribution in [3.63, 3.8) is 0 Å². The number of hydrogen-bond acceptors (Lipinski definition) is 3. The van der Waals surface area contributed by atoms with Gasteiger partial charge in [0.1, 0.15) is 17.7 Å². The summed E-state index contributed by atoms with van der Waals surface area (Å²) < 4.78 is 34.6. The van der Waals surface area contributed by atoms with E-state index in [4.69, 9.17) is 22.8 Å². The van der Waals surface area contributed by atoms with Gasteiger partial charge in [-0.25, -0.2) is 4.39 Å². The minimum atomic E-state index is -2.19. The van der Waals surface area contributed by atoms with Crippen LogP contribution in [0.2, 0.25) is 0 Å². The van der Waals surface area contributed by atoms with E-state index in [9.17, 15) is 14.1 Å². The van der Waals surface area contributed by atoms with Crippen LogP contribution < -0.4 is 4.74 Å². The summed E-state index contributed by atoms with van der Waals surface area (Å²) in [5.41, 5.74) is -2.47. The van der Waals surface area contributed by atoms with Gasteiger partial charge in [0.05, 0.1) is 5.57 Å². The van der Waals surface area contributed by atoms with Crippen LogP contribution in [0.3, 0.4) is 0 Å². The first kappa shape index (κ1) is 16.5. The summed E-state index contributed by atoms with van der Waals surface area (Å²) in [7, 11) is 0. The molecule has 2 aliphatic rings. The summed E-state index contributed by atoms with van der Waals surface area (Å²) >= 11 is 6.20. The average molecular weight is 352 g/mol. The number of ether oxygens (including phenoxy) is 1. The van der Waals surface area contributed by atoms with E-state index in [1.165, 1.54) is 12.1 Å². The van der Waals surface area contributed by atoms with E-state index in [2.05, 4.69) is 5.92 Å².